The summed E-state index contributed by atoms with van der Waals surface area (Å²) in [6.45, 7) is 0. The van der Waals surface area contributed by atoms with Crippen LogP contribution < -0.4 is 5.73 Å². The predicted molar refractivity (Wildman–Crippen MR) is 33.4 cm³/mol. The molecule has 0 fully saturated rings. The SMILES string of the molecule is NC(=O)c1nsc(Cl)n1. The topological polar surface area (TPSA) is 68.9 Å². The molecule has 0 aliphatic carbocycles. The molecular weight excluding hydrogens is 162 g/mol. The molecule has 1 aromatic rings. The fraction of sp³-hybridized carbons (Fsp3) is 0. The van der Waals surface area contributed by atoms with Gasteiger partial charge in [-0.2, -0.15) is 9.36 Å². The molecule has 0 spiro atoms. The molecule has 0 radical (unpaired) electrons. The summed E-state index contributed by atoms with van der Waals surface area (Å²) in [7, 11) is 0. The highest BCUT2D eigenvalue weighted by atomic mass is 35.5. The van der Waals surface area contributed by atoms with E-state index in [0.717, 1.165) is 11.5 Å². The van der Waals surface area contributed by atoms with Gasteiger partial charge in [-0.1, -0.05) is 0 Å². The highest BCUT2D eigenvalue weighted by molar-refractivity contribution is 7.10. The lowest BCUT2D eigenvalue weighted by molar-refractivity contribution is 0.0992. The average molecular weight is 164 g/mol. The Hall–Kier alpha value is -0.680. The Labute approximate surface area is 59.8 Å². The summed E-state index contributed by atoms with van der Waals surface area (Å²) in [5.41, 5.74) is 4.81. The van der Waals surface area contributed by atoms with Crippen molar-refractivity contribution in [3.63, 3.8) is 0 Å². The van der Waals surface area contributed by atoms with Crippen LogP contribution >= 0.6 is 23.1 Å². The van der Waals surface area contributed by atoms with Crippen LogP contribution in [-0.4, -0.2) is 15.3 Å². The van der Waals surface area contributed by atoms with Crippen LogP contribution in [0.4, 0.5) is 0 Å². The number of rotatable bonds is 1. The van der Waals surface area contributed by atoms with E-state index in [1.807, 2.05) is 0 Å². The average Bonchev–Trinajstić information content (AvgIpc) is 2.14. The van der Waals surface area contributed by atoms with Crippen LogP contribution in [0.5, 0.6) is 0 Å². The number of amides is 1. The Bertz CT molecular complexity index is 235. The zero-order chi connectivity index (χ0) is 6.85. The molecule has 6 heteroatoms. The normalized spacial score (nSPS) is 9.44. The number of nitrogens with two attached hydrogens (primary N) is 1. The summed E-state index contributed by atoms with van der Waals surface area (Å²) in [5.74, 6) is -0.678. The van der Waals surface area contributed by atoms with Gasteiger partial charge in [-0.05, 0) is 23.1 Å². The van der Waals surface area contributed by atoms with Gasteiger partial charge in [0.15, 0.2) is 0 Å². The zero-order valence-electron chi connectivity index (χ0n) is 4.17. The highest BCUT2D eigenvalue weighted by Gasteiger charge is 2.05. The molecule has 0 aliphatic rings. The summed E-state index contributed by atoms with van der Waals surface area (Å²) in [6, 6.07) is 0. The molecule has 0 saturated heterocycles. The first-order chi connectivity index (χ1) is 4.20. The van der Waals surface area contributed by atoms with Crippen molar-refractivity contribution in [3.8, 4) is 0 Å². The van der Waals surface area contributed by atoms with Gasteiger partial charge < -0.3 is 5.73 Å². The van der Waals surface area contributed by atoms with Crippen LogP contribution in [0.15, 0.2) is 0 Å². The Kier molecular flexibility index (Phi) is 1.63. The lowest BCUT2D eigenvalue weighted by Crippen LogP contribution is -2.12. The van der Waals surface area contributed by atoms with Crippen molar-refractivity contribution in [2.45, 2.75) is 0 Å². The van der Waals surface area contributed by atoms with Crippen molar-refractivity contribution >= 4 is 29.0 Å². The lowest BCUT2D eigenvalue weighted by Gasteiger charge is -1.77. The zero-order valence-corrected chi connectivity index (χ0v) is 5.74. The summed E-state index contributed by atoms with van der Waals surface area (Å²) in [6.07, 6.45) is 0. The van der Waals surface area contributed by atoms with Gasteiger partial charge in [0.25, 0.3) is 5.91 Å². The Morgan fingerprint density at radius 3 is 2.67 bits per heavy atom. The molecule has 0 saturated carbocycles. The molecule has 9 heavy (non-hydrogen) atoms. The number of carbonyl (C=O) groups excluding carboxylic acids is 1. The Morgan fingerprint density at radius 2 is 2.44 bits per heavy atom. The molecule has 2 N–H and O–H groups in total. The maximum Gasteiger partial charge on any atom is 0.287 e. The quantitative estimate of drug-likeness (QED) is 0.647. The van der Waals surface area contributed by atoms with Crippen LogP contribution in [0.2, 0.25) is 4.47 Å². The fourth-order valence-electron chi connectivity index (χ4n) is 0.305. The summed E-state index contributed by atoms with van der Waals surface area (Å²) in [5, 5.41) is 0. The van der Waals surface area contributed by atoms with E-state index < -0.39 is 5.91 Å². The van der Waals surface area contributed by atoms with Crippen LogP contribution in [0.25, 0.3) is 0 Å². The summed E-state index contributed by atoms with van der Waals surface area (Å²) < 4.78 is 3.77. The number of aromatic nitrogens is 2. The second-order valence-corrected chi connectivity index (χ2v) is 2.57. The lowest BCUT2D eigenvalue weighted by atomic mass is 10.6. The molecular formula is C3H2ClN3OS. The Morgan fingerprint density at radius 1 is 1.78 bits per heavy atom. The van der Waals surface area contributed by atoms with Gasteiger partial charge in [0.1, 0.15) is 0 Å². The van der Waals surface area contributed by atoms with E-state index in [1.165, 1.54) is 0 Å². The van der Waals surface area contributed by atoms with Gasteiger partial charge >= 0.3 is 0 Å². The molecule has 0 aromatic carbocycles. The number of hydrogen-bond donors (Lipinski definition) is 1. The molecule has 1 aromatic heterocycles. The van der Waals surface area contributed by atoms with Crippen LogP contribution in [0.3, 0.4) is 0 Å². The van der Waals surface area contributed by atoms with Crippen molar-refractivity contribution < 1.29 is 4.79 Å². The molecule has 1 heterocycles. The van der Waals surface area contributed by atoms with Crippen LogP contribution in [-0.2, 0) is 0 Å². The summed E-state index contributed by atoms with van der Waals surface area (Å²) in [4.78, 5) is 13.8. The van der Waals surface area contributed by atoms with E-state index in [2.05, 4.69) is 9.36 Å². The van der Waals surface area contributed by atoms with Crippen LogP contribution in [0.1, 0.15) is 10.6 Å². The molecule has 48 valence electrons. The second kappa shape index (κ2) is 2.28. The van der Waals surface area contributed by atoms with Crippen molar-refractivity contribution in [3.05, 3.63) is 10.3 Å². The summed E-state index contributed by atoms with van der Waals surface area (Å²) >= 11 is 6.28. The van der Waals surface area contributed by atoms with Crippen molar-refractivity contribution in [1.29, 1.82) is 0 Å². The van der Waals surface area contributed by atoms with Crippen LogP contribution in [0, 0.1) is 0 Å². The van der Waals surface area contributed by atoms with E-state index in [1.54, 1.807) is 0 Å². The molecule has 0 unspecified atom stereocenters. The number of hydrogen-bond acceptors (Lipinski definition) is 4. The third-order valence-electron chi connectivity index (χ3n) is 0.622. The largest absolute Gasteiger partial charge is 0.363 e. The number of primary amides is 1. The van der Waals surface area contributed by atoms with Gasteiger partial charge in [0.2, 0.25) is 10.3 Å². The van der Waals surface area contributed by atoms with E-state index in [9.17, 15) is 4.79 Å². The molecule has 0 atom stereocenters. The van der Waals surface area contributed by atoms with E-state index >= 15 is 0 Å². The monoisotopic (exact) mass is 163 g/mol. The van der Waals surface area contributed by atoms with Crippen molar-refractivity contribution in [1.82, 2.24) is 9.36 Å². The smallest absolute Gasteiger partial charge is 0.287 e. The minimum atomic E-state index is -0.654. The predicted octanol–water partition coefficient (Wildman–Crippen LogP) is 0.290. The van der Waals surface area contributed by atoms with E-state index in [-0.39, 0.29) is 10.3 Å². The standard InChI is InChI=1S/C3H2ClN3OS/c4-3-6-2(1(5)8)7-9-3/h(H2,5,8). The van der Waals surface area contributed by atoms with Gasteiger partial charge in [-0.25, -0.2) is 0 Å². The maximum atomic E-state index is 10.3. The first kappa shape index (κ1) is 6.44. The molecule has 1 rings (SSSR count). The van der Waals surface area contributed by atoms with E-state index in [0.29, 0.717) is 0 Å². The first-order valence-electron chi connectivity index (χ1n) is 1.99. The first-order valence-corrected chi connectivity index (χ1v) is 3.14. The molecule has 4 nitrogen and oxygen atoms in total. The fourth-order valence-corrected chi connectivity index (χ4v) is 0.909. The van der Waals surface area contributed by atoms with E-state index in [4.69, 9.17) is 17.3 Å². The maximum absolute atomic E-state index is 10.3. The highest BCUT2D eigenvalue weighted by Crippen LogP contribution is 2.09. The van der Waals surface area contributed by atoms with Gasteiger partial charge in [0, 0.05) is 0 Å². The van der Waals surface area contributed by atoms with Crippen molar-refractivity contribution in [2.24, 2.45) is 5.73 Å². The minimum absolute atomic E-state index is 0.0231. The number of nitrogens with zero attached hydrogens (tertiary/aromatic N) is 2. The number of carbonyl (C=O) groups is 1. The Balaban J connectivity index is 2.98. The molecule has 1 amide bonds. The van der Waals surface area contributed by atoms with Gasteiger partial charge in [0.05, 0.1) is 0 Å². The molecule has 0 aliphatic heterocycles. The number of halogens is 1. The van der Waals surface area contributed by atoms with Gasteiger partial charge in [-0.15, -0.1) is 0 Å². The third kappa shape index (κ3) is 1.36. The van der Waals surface area contributed by atoms with Gasteiger partial charge in [-0.3, -0.25) is 4.79 Å². The van der Waals surface area contributed by atoms with Crippen molar-refractivity contribution in [2.75, 3.05) is 0 Å². The second-order valence-electron chi connectivity index (χ2n) is 1.24. The minimum Gasteiger partial charge on any atom is -0.363 e. The third-order valence-corrected chi connectivity index (χ3v) is 1.42. The molecule has 0 bridgehead atoms.